The fourth-order valence-corrected chi connectivity index (χ4v) is 3.39. The van der Waals surface area contributed by atoms with E-state index >= 15 is 0 Å². The minimum Gasteiger partial charge on any atom is -0.268 e. The van der Waals surface area contributed by atoms with Crippen LogP contribution in [-0.2, 0) is 0 Å². The van der Waals surface area contributed by atoms with Crippen molar-refractivity contribution in [2.75, 3.05) is 4.90 Å². The van der Waals surface area contributed by atoms with Crippen molar-refractivity contribution in [3.63, 3.8) is 0 Å². The van der Waals surface area contributed by atoms with Gasteiger partial charge in [-0.2, -0.15) is 0 Å². The van der Waals surface area contributed by atoms with Crippen molar-refractivity contribution >= 4 is 49.4 Å². The van der Waals surface area contributed by atoms with E-state index in [4.69, 9.17) is 0 Å². The third kappa shape index (κ3) is 1.93. The van der Waals surface area contributed by atoms with Crippen molar-refractivity contribution in [1.82, 2.24) is 0 Å². The number of fused-ring (bicyclic) bond motifs is 1. The molecule has 5 heteroatoms. The lowest BCUT2D eigenvalue weighted by atomic mass is 10.1. The first kappa shape index (κ1) is 13.5. The molecule has 0 bridgehead atoms. The molecule has 1 aliphatic heterocycles. The molecule has 0 N–H and O–H groups in total. The first-order valence-corrected chi connectivity index (χ1v) is 7.53. The maximum absolute atomic E-state index is 12.4. The van der Waals surface area contributed by atoms with Gasteiger partial charge in [0, 0.05) is 8.95 Å². The van der Waals surface area contributed by atoms with Crippen LogP contribution in [-0.4, -0.2) is 11.8 Å². The van der Waals surface area contributed by atoms with Crippen molar-refractivity contribution in [2.24, 2.45) is 0 Å². The van der Waals surface area contributed by atoms with Crippen molar-refractivity contribution in [1.29, 1.82) is 0 Å². The maximum atomic E-state index is 12.4. The van der Waals surface area contributed by atoms with Crippen LogP contribution in [0.5, 0.6) is 0 Å². The van der Waals surface area contributed by atoms with E-state index in [1.54, 1.807) is 24.3 Å². The van der Waals surface area contributed by atoms with Gasteiger partial charge in [0.05, 0.1) is 16.8 Å². The highest BCUT2D eigenvalue weighted by Crippen LogP contribution is 2.36. The summed E-state index contributed by atoms with van der Waals surface area (Å²) in [6, 6.07) is 10.5. The molecule has 3 nitrogen and oxygen atoms in total. The number of halogens is 2. The summed E-state index contributed by atoms with van der Waals surface area (Å²) >= 11 is 6.84. The Morgan fingerprint density at radius 1 is 0.900 bits per heavy atom. The van der Waals surface area contributed by atoms with Crippen LogP contribution >= 0.6 is 31.9 Å². The predicted molar refractivity (Wildman–Crippen MR) is 84.2 cm³/mol. The number of carbonyl (C=O) groups excluding carboxylic acids is 2. The first-order chi connectivity index (χ1) is 9.50. The SMILES string of the molecule is Cc1cc(N2C(=O)c3ccccc3C2=O)c(Br)cc1Br. The van der Waals surface area contributed by atoms with Crippen LogP contribution in [0.2, 0.25) is 0 Å². The zero-order valence-corrected chi connectivity index (χ0v) is 13.7. The van der Waals surface area contributed by atoms with E-state index in [2.05, 4.69) is 31.9 Å². The Kier molecular flexibility index (Phi) is 3.26. The number of hydrogen-bond acceptors (Lipinski definition) is 2. The van der Waals surface area contributed by atoms with Gasteiger partial charge >= 0.3 is 0 Å². The van der Waals surface area contributed by atoms with E-state index in [1.807, 2.05) is 19.1 Å². The second-order valence-electron chi connectivity index (χ2n) is 4.54. The van der Waals surface area contributed by atoms with E-state index < -0.39 is 0 Å². The van der Waals surface area contributed by atoms with Crippen LogP contribution < -0.4 is 4.90 Å². The van der Waals surface area contributed by atoms with Gasteiger partial charge in [-0.15, -0.1) is 0 Å². The van der Waals surface area contributed by atoms with Crippen LogP contribution in [0.3, 0.4) is 0 Å². The highest BCUT2D eigenvalue weighted by molar-refractivity contribution is 9.11. The lowest BCUT2D eigenvalue weighted by molar-refractivity contribution is 0.0926. The number of hydrogen-bond donors (Lipinski definition) is 0. The number of benzene rings is 2. The smallest absolute Gasteiger partial charge is 0.266 e. The molecule has 0 fully saturated rings. The first-order valence-electron chi connectivity index (χ1n) is 5.94. The topological polar surface area (TPSA) is 37.4 Å². The largest absolute Gasteiger partial charge is 0.268 e. The fourth-order valence-electron chi connectivity index (χ4n) is 2.22. The molecule has 0 aliphatic carbocycles. The van der Waals surface area contributed by atoms with E-state index in [0.717, 1.165) is 10.0 Å². The van der Waals surface area contributed by atoms with E-state index in [-0.39, 0.29) is 11.8 Å². The number of carbonyl (C=O) groups is 2. The van der Waals surface area contributed by atoms with Gasteiger partial charge in [0.25, 0.3) is 11.8 Å². The van der Waals surface area contributed by atoms with Crippen molar-refractivity contribution in [2.45, 2.75) is 6.92 Å². The van der Waals surface area contributed by atoms with Crippen LogP contribution in [0.1, 0.15) is 26.3 Å². The van der Waals surface area contributed by atoms with Crippen molar-refractivity contribution in [3.05, 3.63) is 62.0 Å². The molecule has 2 amide bonds. The van der Waals surface area contributed by atoms with Crippen LogP contribution in [0, 0.1) is 6.92 Å². The van der Waals surface area contributed by atoms with E-state index in [1.165, 1.54) is 4.90 Å². The third-order valence-corrected chi connectivity index (χ3v) is 4.75. The standard InChI is InChI=1S/C15H9Br2NO2/c1-8-6-13(12(17)7-11(8)16)18-14(19)9-4-2-3-5-10(9)15(18)20/h2-7H,1H3. The summed E-state index contributed by atoms with van der Waals surface area (Å²) in [6.07, 6.45) is 0. The second-order valence-corrected chi connectivity index (χ2v) is 6.25. The highest BCUT2D eigenvalue weighted by Gasteiger charge is 2.37. The molecule has 0 saturated carbocycles. The Labute approximate surface area is 132 Å². The Morgan fingerprint density at radius 2 is 1.45 bits per heavy atom. The molecule has 2 aromatic carbocycles. The van der Waals surface area contributed by atoms with Gasteiger partial charge < -0.3 is 0 Å². The second kappa shape index (κ2) is 4.82. The number of amides is 2. The van der Waals surface area contributed by atoms with Crippen LogP contribution in [0.4, 0.5) is 5.69 Å². The molecule has 2 aromatic rings. The maximum Gasteiger partial charge on any atom is 0.266 e. The number of imide groups is 1. The average Bonchev–Trinajstić information content (AvgIpc) is 2.68. The van der Waals surface area contributed by atoms with Gasteiger partial charge in [0.15, 0.2) is 0 Å². The molecular weight excluding hydrogens is 386 g/mol. The lowest BCUT2D eigenvalue weighted by Gasteiger charge is -2.17. The summed E-state index contributed by atoms with van der Waals surface area (Å²) in [5, 5.41) is 0. The molecular formula is C15H9Br2NO2. The van der Waals surface area contributed by atoms with Gasteiger partial charge in [0.1, 0.15) is 0 Å². The average molecular weight is 395 g/mol. The van der Waals surface area contributed by atoms with E-state index in [9.17, 15) is 9.59 Å². The molecule has 0 atom stereocenters. The summed E-state index contributed by atoms with van der Waals surface area (Å²) < 4.78 is 1.62. The van der Waals surface area contributed by atoms with Gasteiger partial charge in [-0.25, -0.2) is 4.90 Å². The van der Waals surface area contributed by atoms with Gasteiger partial charge in [-0.3, -0.25) is 9.59 Å². The van der Waals surface area contributed by atoms with Crippen molar-refractivity contribution < 1.29 is 9.59 Å². The Bertz CT molecular complexity index is 721. The number of aryl methyl sites for hydroxylation is 1. The molecule has 20 heavy (non-hydrogen) atoms. The number of anilines is 1. The predicted octanol–water partition coefficient (Wildman–Crippen LogP) is 4.32. The molecule has 0 saturated heterocycles. The molecule has 0 radical (unpaired) electrons. The zero-order chi connectivity index (χ0) is 14.4. The lowest BCUT2D eigenvalue weighted by Crippen LogP contribution is -2.29. The van der Waals surface area contributed by atoms with Gasteiger partial charge in [0.2, 0.25) is 0 Å². The fraction of sp³-hybridized carbons (Fsp3) is 0.0667. The Hall–Kier alpha value is -1.46. The van der Waals surface area contributed by atoms with Crippen molar-refractivity contribution in [3.8, 4) is 0 Å². The minimum atomic E-state index is -0.284. The summed E-state index contributed by atoms with van der Waals surface area (Å²) in [5.41, 5.74) is 2.42. The number of nitrogens with zero attached hydrogens (tertiary/aromatic N) is 1. The molecule has 1 aliphatic rings. The molecule has 3 rings (SSSR count). The van der Waals surface area contributed by atoms with Crippen LogP contribution in [0.25, 0.3) is 0 Å². The quantitative estimate of drug-likeness (QED) is 0.675. The summed E-state index contributed by atoms with van der Waals surface area (Å²) in [4.78, 5) is 26.1. The molecule has 0 aromatic heterocycles. The minimum absolute atomic E-state index is 0.284. The van der Waals surface area contributed by atoms with E-state index in [0.29, 0.717) is 21.3 Å². The summed E-state index contributed by atoms with van der Waals surface area (Å²) in [7, 11) is 0. The van der Waals surface area contributed by atoms with Crippen LogP contribution in [0.15, 0.2) is 45.3 Å². The molecule has 1 heterocycles. The molecule has 0 spiro atoms. The third-order valence-electron chi connectivity index (χ3n) is 3.26. The summed E-state index contributed by atoms with van der Waals surface area (Å²) in [6.45, 7) is 1.91. The molecule has 0 unspecified atom stereocenters. The highest BCUT2D eigenvalue weighted by atomic mass is 79.9. The normalized spacial score (nSPS) is 13.8. The Balaban J connectivity index is 2.17. The van der Waals surface area contributed by atoms with Gasteiger partial charge in [-0.05, 0) is 52.7 Å². The van der Waals surface area contributed by atoms with Gasteiger partial charge in [-0.1, -0.05) is 28.1 Å². The number of rotatable bonds is 1. The zero-order valence-electron chi connectivity index (χ0n) is 10.5. The summed E-state index contributed by atoms with van der Waals surface area (Å²) in [5.74, 6) is -0.568. The monoisotopic (exact) mass is 393 g/mol. The molecule has 100 valence electrons. The Morgan fingerprint density at radius 3 is 2.00 bits per heavy atom.